The minimum Gasteiger partial charge on any atom is -0.460 e. The molecular weight excluding hydrogens is 759 g/mol. The largest absolute Gasteiger partial charge is 0.460 e. The Morgan fingerprint density at radius 3 is 1.97 bits per heavy atom. The summed E-state index contributed by atoms with van der Waals surface area (Å²) < 4.78 is 13.3. The van der Waals surface area contributed by atoms with Crippen molar-refractivity contribution in [3.63, 3.8) is 0 Å². The van der Waals surface area contributed by atoms with Gasteiger partial charge in [-0.3, -0.25) is 0 Å². The number of allylic oxidation sites excluding steroid dienone is 4. The first-order valence-electron chi connectivity index (χ1n) is 21.0. The fourth-order valence-corrected chi connectivity index (χ4v) is 10.1. The van der Waals surface area contributed by atoms with E-state index in [-0.39, 0.29) is 0 Å². The number of fused-ring (bicyclic) bond motifs is 14. The fraction of sp³-hybridized carbons (Fsp3) is 0.0714. The lowest BCUT2D eigenvalue weighted by atomic mass is 10.0. The lowest BCUT2D eigenvalue weighted by Crippen LogP contribution is -2.07. The normalized spacial score (nSPS) is 13.8. The summed E-state index contributed by atoms with van der Waals surface area (Å²) in [5.74, 6) is 0.330. The van der Waals surface area contributed by atoms with E-state index in [1.165, 1.54) is 10.8 Å². The fourth-order valence-electron chi connectivity index (χ4n) is 10.1. The number of nitriles is 2. The molecule has 4 aromatic heterocycles. The van der Waals surface area contributed by atoms with Gasteiger partial charge in [-0.25, -0.2) is 0 Å². The van der Waals surface area contributed by atoms with Gasteiger partial charge in [-0.2, -0.15) is 10.5 Å². The molecule has 11 aromatic rings. The summed E-state index contributed by atoms with van der Waals surface area (Å²) in [6.45, 7) is 3.94. The number of nitrogens with zero attached hydrogens (tertiary/aromatic N) is 5. The molecule has 6 heteroatoms. The smallest absolute Gasteiger partial charge is 0.134 e. The molecular formula is C56H37N5O. The zero-order valence-electron chi connectivity index (χ0n) is 34.1. The van der Waals surface area contributed by atoms with Crippen LogP contribution in [0.2, 0.25) is 0 Å². The Hall–Kier alpha value is -8.32. The molecule has 4 heterocycles. The van der Waals surface area contributed by atoms with Crippen LogP contribution in [0.25, 0.3) is 105 Å². The molecule has 62 heavy (non-hydrogen) atoms. The highest BCUT2D eigenvalue weighted by Crippen LogP contribution is 2.43. The second-order valence-corrected chi connectivity index (χ2v) is 16.3. The van der Waals surface area contributed by atoms with E-state index in [1.807, 2.05) is 44.2 Å². The lowest BCUT2D eigenvalue weighted by Gasteiger charge is -2.17. The van der Waals surface area contributed by atoms with Crippen molar-refractivity contribution in [2.75, 3.05) is 0 Å². The molecule has 0 N–H and O–H groups in total. The van der Waals surface area contributed by atoms with E-state index in [4.69, 9.17) is 4.42 Å². The maximum atomic E-state index is 11.2. The summed E-state index contributed by atoms with van der Waals surface area (Å²) in [5, 5.41) is 31.0. The molecule has 12 rings (SSSR count). The van der Waals surface area contributed by atoms with Crippen molar-refractivity contribution in [2.45, 2.75) is 20.3 Å². The molecule has 0 saturated heterocycles. The van der Waals surface area contributed by atoms with Gasteiger partial charge < -0.3 is 18.1 Å². The van der Waals surface area contributed by atoms with Crippen LogP contribution >= 0.6 is 0 Å². The van der Waals surface area contributed by atoms with Gasteiger partial charge in [0.1, 0.15) is 17.4 Å². The second-order valence-electron chi connectivity index (χ2n) is 16.3. The third-order valence-corrected chi connectivity index (χ3v) is 13.0. The maximum Gasteiger partial charge on any atom is 0.134 e. The number of para-hydroxylation sites is 4. The summed E-state index contributed by atoms with van der Waals surface area (Å²) in [6.07, 6.45) is 6.85. The van der Waals surface area contributed by atoms with E-state index >= 15 is 0 Å². The van der Waals surface area contributed by atoms with Crippen LogP contribution in [0.15, 0.2) is 168 Å². The minimum absolute atomic E-state index is 0.474. The highest BCUT2D eigenvalue weighted by molar-refractivity contribution is 6.22. The molecule has 1 aliphatic rings. The molecule has 1 atom stereocenters. The average molecular weight is 796 g/mol. The number of aromatic nitrogens is 3. The molecule has 1 aliphatic carbocycles. The minimum atomic E-state index is -0.562. The van der Waals surface area contributed by atoms with Crippen molar-refractivity contribution in [3.05, 3.63) is 186 Å². The Balaban J connectivity index is 1.11. The topological polar surface area (TPSA) is 75.5 Å². The van der Waals surface area contributed by atoms with Gasteiger partial charge in [0, 0.05) is 72.6 Å². The predicted octanol–water partition coefficient (Wildman–Crippen LogP) is 14.3. The Morgan fingerprint density at radius 2 is 1.23 bits per heavy atom. The number of rotatable bonds is 5. The zero-order chi connectivity index (χ0) is 41.6. The third-order valence-electron chi connectivity index (χ3n) is 13.0. The standard InChI is InChI=1S/C56H37N5O/c1-34(32-57)52(29-37(33-58)35(2)59-47-19-9-5-17-42(47)43-25-26-45-44-18-8-12-22-54(44)62-55(45)31-53(43)59)61-50-28-24-38(30-46(50)56-39-14-4-3-13-36(39)23-27-51(56)61)60-48-20-10-6-15-40(48)41-16-7-11-21-49(41)60/h3-30,34H,31H2,1-2H3/b37-35-,52-29+. The zero-order valence-corrected chi connectivity index (χ0v) is 34.1. The summed E-state index contributed by atoms with van der Waals surface area (Å²) in [4.78, 5) is 0. The van der Waals surface area contributed by atoms with Gasteiger partial charge in [0.05, 0.1) is 45.1 Å². The van der Waals surface area contributed by atoms with Gasteiger partial charge >= 0.3 is 0 Å². The summed E-state index contributed by atoms with van der Waals surface area (Å²) in [6, 6.07) is 58.3. The Kier molecular flexibility index (Phi) is 7.82. The molecule has 6 nitrogen and oxygen atoms in total. The van der Waals surface area contributed by atoms with Gasteiger partial charge in [0.2, 0.25) is 0 Å². The van der Waals surface area contributed by atoms with Crippen LogP contribution in [0.5, 0.6) is 0 Å². The first-order valence-corrected chi connectivity index (χ1v) is 21.0. The van der Waals surface area contributed by atoms with E-state index in [0.29, 0.717) is 12.0 Å². The van der Waals surface area contributed by atoms with Crippen LogP contribution in [-0.2, 0) is 6.42 Å². The van der Waals surface area contributed by atoms with Crippen molar-refractivity contribution >= 4 is 99.8 Å². The van der Waals surface area contributed by atoms with Crippen LogP contribution in [0.4, 0.5) is 0 Å². The number of furan rings is 1. The molecule has 0 bridgehead atoms. The molecule has 0 spiro atoms. The van der Waals surface area contributed by atoms with Crippen LogP contribution in [-0.4, -0.2) is 13.7 Å². The van der Waals surface area contributed by atoms with Gasteiger partial charge in [-0.15, -0.1) is 0 Å². The van der Waals surface area contributed by atoms with E-state index in [9.17, 15) is 10.5 Å². The molecule has 292 valence electrons. The van der Waals surface area contributed by atoms with Crippen molar-refractivity contribution in [1.29, 1.82) is 10.5 Å². The maximum absolute atomic E-state index is 11.2. The number of hydrogen-bond donors (Lipinski definition) is 0. The van der Waals surface area contributed by atoms with E-state index < -0.39 is 5.92 Å². The SMILES string of the molecule is C/C(=C(C#N)\C=C(/C(C)C#N)n1c2ccc(-n3c4ccccc4c4ccccc43)cc2c2c3ccccc3ccc21)n1c2c(c3ccccc31)C=Cc1c(oc3ccccc13)C2. The van der Waals surface area contributed by atoms with Gasteiger partial charge in [0.15, 0.2) is 0 Å². The summed E-state index contributed by atoms with van der Waals surface area (Å²) in [7, 11) is 0. The van der Waals surface area contributed by atoms with Gasteiger partial charge in [-0.05, 0) is 79.2 Å². The predicted molar refractivity (Wildman–Crippen MR) is 255 cm³/mol. The first kappa shape index (κ1) is 35.6. The van der Waals surface area contributed by atoms with E-state index in [1.54, 1.807) is 0 Å². The lowest BCUT2D eigenvalue weighted by molar-refractivity contribution is 0.559. The van der Waals surface area contributed by atoms with E-state index in [2.05, 4.69) is 165 Å². The van der Waals surface area contributed by atoms with Crippen LogP contribution in [0.1, 0.15) is 36.4 Å². The van der Waals surface area contributed by atoms with Crippen LogP contribution < -0.4 is 0 Å². The highest BCUT2D eigenvalue weighted by Gasteiger charge is 2.26. The Morgan fingerprint density at radius 1 is 0.613 bits per heavy atom. The van der Waals surface area contributed by atoms with Crippen molar-refractivity contribution in [2.24, 2.45) is 5.92 Å². The molecule has 1 unspecified atom stereocenters. The van der Waals surface area contributed by atoms with Crippen molar-refractivity contribution in [3.8, 4) is 17.8 Å². The first-order chi connectivity index (χ1) is 30.5. The molecule has 0 fully saturated rings. The van der Waals surface area contributed by atoms with E-state index in [0.717, 1.165) is 105 Å². The number of benzene rings is 7. The highest BCUT2D eigenvalue weighted by atomic mass is 16.3. The molecule has 0 radical (unpaired) electrons. The molecule has 0 amide bonds. The molecule has 7 aromatic carbocycles. The quantitative estimate of drug-likeness (QED) is 0.129. The second kappa shape index (κ2) is 13.6. The molecule has 0 saturated carbocycles. The third kappa shape index (κ3) is 5.08. The van der Waals surface area contributed by atoms with Crippen molar-refractivity contribution in [1.82, 2.24) is 13.7 Å². The summed E-state index contributed by atoms with van der Waals surface area (Å²) in [5.41, 5.74) is 12.4. The summed E-state index contributed by atoms with van der Waals surface area (Å²) >= 11 is 0. The van der Waals surface area contributed by atoms with Crippen LogP contribution in [0.3, 0.4) is 0 Å². The number of hydrogen-bond acceptors (Lipinski definition) is 3. The molecule has 0 aliphatic heterocycles. The van der Waals surface area contributed by atoms with Crippen molar-refractivity contribution < 1.29 is 4.42 Å². The Bertz CT molecular complexity index is 3850. The monoisotopic (exact) mass is 795 g/mol. The Labute approximate surface area is 357 Å². The average Bonchev–Trinajstić information content (AvgIpc) is 4.01. The van der Waals surface area contributed by atoms with Crippen LogP contribution in [0, 0.1) is 28.6 Å². The van der Waals surface area contributed by atoms with Gasteiger partial charge in [-0.1, -0.05) is 115 Å². The van der Waals surface area contributed by atoms with Gasteiger partial charge in [0.25, 0.3) is 0 Å².